The molecule has 0 bridgehead atoms. The number of pyridine rings is 2. The molecule has 0 aromatic carbocycles. The number of rotatable bonds is 7. The molecule has 2 rings (SSSR count). The average Bonchev–Trinajstić information content (AvgIpc) is 2.46. The number of hydrogen-bond acceptors (Lipinski definition) is 4. The Kier molecular flexibility index (Phi) is 5.50. The molecule has 2 heterocycles. The fourth-order valence-electron chi connectivity index (χ4n) is 2.08. The average molecular weight is 270 g/mol. The molecule has 0 aliphatic rings. The summed E-state index contributed by atoms with van der Waals surface area (Å²) in [6, 6.07) is 8.20. The molecule has 0 saturated carbocycles. The molecule has 1 N–H and O–H groups in total. The van der Waals surface area contributed by atoms with Gasteiger partial charge in [-0.05, 0) is 37.2 Å². The van der Waals surface area contributed by atoms with E-state index in [0.717, 1.165) is 37.4 Å². The van der Waals surface area contributed by atoms with E-state index in [-0.39, 0.29) is 0 Å². The van der Waals surface area contributed by atoms with E-state index in [0.29, 0.717) is 0 Å². The molecule has 0 unspecified atom stereocenters. The smallest absolute Gasteiger partial charge is 0.0564 e. The number of nitrogens with one attached hydrogen (secondary N) is 1. The predicted octanol–water partition coefficient (Wildman–Crippen LogP) is 2.93. The third-order valence-corrected chi connectivity index (χ3v) is 3.00. The second kappa shape index (κ2) is 7.60. The highest BCUT2D eigenvalue weighted by atomic mass is 15.1. The molecule has 0 radical (unpaired) electrons. The van der Waals surface area contributed by atoms with Gasteiger partial charge < -0.3 is 5.32 Å². The Bertz CT molecular complexity index is 513. The lowest BCUT2D eigenvalue weighted by Gasteiger charge is -2.16. The van der Waals surface area contributed by atoms with Crippen LogP contribution in [0.15, 0.2) is 42.9 Å². The largest absolute Gasteiger partial charge is 0.385 e. The third-order valence-electron chi connectivity index (χ3n) is 3.00. The number of nitrogens with zero attached hydrogens (tertiary/aromatic N) is 3. The standard InChI is InChI=1S/C16H22N4/c1-3-7-18-15-6-9-19-16(10-15)13-20(2)12-14-5-4-8-17-11-14/h4-6,8-11H,3,7,12-13H2,1-2H3,(H,18,19). The second-order valence-corrected chi connectivity index (χ2v) is 5.00. The molecule has 0 amide bonds. The first-order valence-corrected chi connectivity index (χ1v) is 7.04. The van der Waals surface area contributed by atoms with Crippen LogP contribution in [0.25, 0.3) is 0 Å². The molecular formula is C16H22N4. The number of aromatic nitrogens is 2. The molecule has 0 fully saturated rings. The SMILES string of the molecule is CCCNc1ccnc(CN(C)Cc2cccnc2)c1. The fourth-order valence-corrected chi connectivity index (χ4v) is 2.08. The Balaban J connectivity index is 1.92. The van der Waals surface area contributed by atoms with Gasteiger partial charge in [-0.15, -0.1) is 0 Å². The zero-order valence-electron chi connectivity index (χ0n) is 12.2. The quantitative estimate of drug-likeness (QED) is 0.840. The first-order chi connectivity index (χ1) is 9.78. The van der Waals surface area contributed by atoms with Crippen LogP contribution in [0.4, 0.5) is 5.69 Å². The van der Waals surface area contributed by atoms with E-state index < -0.39 is 0 Å². The van der Waals surface area contributed by atoms with Gasteiger partial charge in [0, 0.05) is 43.9 Å². The van der Waals surface area contributed by atoms with Gasteiger partial charge in [-0.1, -0.05) is 13.0 Å². The van der Waals surface area contributed by atoms with Crippen molar-refractivity contribution in [1.82, 2.24) is 14.9 Å². The van der Waals surface area contributed by atoms with E-state index in [2.05, 4.69) is 46.3 Å². The van der Waals surface area contributed by atoms with E-state index in [1.807, 2.05) is 24.5 Å². The van der Waals surface area contributed by atoms with Crippen molar-refractivity contribution < 1.29 is 0 Å². The molecule has 0 atom stereocenters. The van der Waals surface area contributed by atoms with Gasteiger partial charge in [0.25, 0.3) is 0 Å². The Labute approximate surface area is 120 Å². The van der Waals surface area contributed by atoms with Gasteiger partial charge >= 0.3 is 0 Å². The van der Waals surface area contributed by atoms with Crippen LogP contribution >= 0.6 is 0 Å². The van der Waals surface area contributed by atoms with Crippen molar-refractivity contribution in [2.45, 2.75) is 26.4 Å². The summed E-state index contributed by atoms with van der Waals surface area (Å²) < 4.78 is 0. The molecule has 2 aromatic heterocycles. The summed E-state index contributed by atoms with van der Waals surface area (Å²) in [5.41, 5.74) is 3.44. The summed E-state index contributed by atoms with van der Waals surface area (Å²) in [7, 11) is 2.10. The summed E-state index contributed by atoms with van der Waals surface area (Å²) in [5, 5.41) is 3.39. The highest BCUT2D eigenvalue weighted by molar-refractivity contribution is 5.43. The van der Waals surface area contributed by atoms with Gasteiger partial charge in [0.15, 0.2) is 0 Å². The molecule has 0 saturated heterocycles. The lowest BCUT2D eigenvalue weighted by Crippen LogP contribution is -2.18. The molecule has 2 aromatic rings. The van der Waals surface area contributed by atoms with Crippen molar-refractivity contribution in [3.05, 3.63) is 54.1 Å². The van der Waals surface area contributed by atoms with Crippen LogP contribution < -0.4 is 5.32 Å². The molecule has 0 aliphatic heterocycles. The lowest BCUT2D eigenvalue weighted by molar-refractivity contribution is 0.315. The third kappa shape index (κ3) is 4.63. The molecular weight excluding hydrogens is 248 g/mol. The molecule has 4 nitrogen and oxygen atoms in total. The molecule has 106 valence electrons. The van der Waals surface area contributed by atoms with Crippen molar-refractivity contribution in [1.29, 1.82) is 0 Å². The van der Waals surface area contributed by atoms with E-state index >= 15 is 0 Å². The summed E-state index contributed by atoms with van der Waals surface area (Å²) in [5.74, 6) is 0. The number of hydrogen-bond donors (Lipinski definition) is 1. The maximum atomic E-state index is 4.43. The second-order valence-electron chi connectivity index (χ2n) is 5.00. The van der Waals surface area contributed by atoms with E-state index in [1.165, 1.54) is 5.56 Å². The summed E-state index contributed by atoms with van der Waals surface area (Å²) >= 11 is 0. The van der Waals surface area contributed by atoms with Gasteiger partial charge in [0.1, 0.15) is 0 Å². The first-order valence-electron chi connectivity index (χ1n) is 7.04. The van der Waals surface area contributed by atoms with Crippen molar-refractivity contribution >= 4 is 5.69 Å². The van der Waals surface area contributed by atoms with Crippen molar-refractivity contribution in [2.24, 2.45) is 0 Å². The van der Waals surface area contributed by atoms with Crippen LogP contribution in [0.2, 0.25) is 0 Å². The highest BCUT2D eigenvalue weighted by Gasteiger charge is 2.04. The Hall–Kier alpha value is -1.94. The van der Waals surface area contributed by atoms with Crippen LogP contribution in [-0.2, 0) is 13.1 Å². The van der Waals surface area contributed by atoms with Crippen molar-refractivity contribution in [3.8, 4) is 0 Å². The van der Waals surface area contributed by atoms with Crippen LogP contribution in [0.1, 0.15) is 24.6 Å². The van der Waals surface area contributed by atoms with E-state index in [4.69, 9.17) is 0 Å². The van der Waals surface area contributed by atoms with Crippen LogP contribution in [0.5, 0.6) is 0 Å². The monoisotopic (exact) mass is 270 g/mol. The Morgan fingerprint density at radius 1 is 1.20 bits per heavy atom. The Morgan fingerprint density at radius 3 is 2.85 bits per heavy atom. The van der Waals surface area contributed by atoms with Gasteiger partial charge in [0.2, 0.25) is 0 Å². The topological polar surface area (TPSA) is 41.1 Å². The van der Waals surface area contributed by atoms with Crippen LogP contribution in [0, 0.1) is 0 Å². The molecule has 4 heteroatoms. The predicted molar refractivity (Wildman–Crippen MR) is 82.4 cm³/mol. The maximum absolute atomic E-state index is 4.43. The minimum Gasteiger partial charge on any atom is -0.385 e. The van der Waals surface area contributed by atoms with Crippen LogP contribution in [0.3, 0.4) is 0 Å². The zero-order chi connectivity index (χ0) is 14.2. The first kappa shape index (κ1) is 14.5. The van der Waals surface area contributed by atoms with E-state index in [9.17, 15) is 0 Å². The zero-order valence-corrected chi connectivity index (χ0v) is 12.2. The molecule has 0 spiro atoms. The molecule has 20 heavy (non-hydrogen) atoms. The minimum absolute atomic E-state index is 0.830. The van der Waals surface area contributed by atoms with Gasteiger partial charge in [0.05, 0.1) is 5.69 Å². The summed E-state index contributed by atoms with van der Waals surface area (Å²) in [6.45, 7) is 4.87. The Morgan fingerprint density at radius 2 is 2.10 bits per heavy atom. The minimum atomic E-state index is 0.830. The lowest BCUT2D eigenvalue weighted by atomic mass is 10.2. The summed E-state index contributed by atoms with van der Waals surface area (Å²) in [6.07, 6.45) is 6.70. The van der Waals surface area contributed by atoms with Crippen molar-refractivity contribution in [3.63, 3.8) is 0 Å². The highest BCUT2D eigenvalue weighted by Crippen LogP contribution is 2.11. The van der Waals surface area contributed by atoms with Gasteiger partial charge in [-0.25, -0.2) is 0 Å². The molecule has 0 aliphatic carbocycles. The van der Waals surface area contributed by atoms with E-state index in [1.54, 1.807) is 6.20 Å². The fraction of sp³-hybridized carbons (Fsp3) is 0.375. The van der Waals surface area contributed by atoms with Crippen molar-refractivity contribution in [2.75, 3.05) is 18.9 Å². The van der Waals surface area contributed by atoms with Gasteiger partial charge in [-0.3, -0.25) is 14.9 Å². The van der Waals surface area contributed by atoms with Crippen LogP contribution in [-0.4, -0.2) is 28.5 Å². The summed E-state index contributed by atoms with van der Waals surface area (Å²) in [4.78, 5) is 10.8. The number of anilines is 1. The maximum Gasteiger partial charge on any atom is 0.0564 e. The van der Waals surface area contributed by atoms with Gasteiger partial charge in [-0.2, -0.15) is 0 Å². The normalized spacial score (nSPS) is 10.8.